The minimum Gasteiger partial charge on any atom is -0.508 e. The summed E-state index contributed by atoms with van der Waals surface area (Å²) < 4.78 is 40.5. The number of halogens is 3. The molecule has 0 saturated carbocycles. The van der Waals surface area contributed by atoms with E-state index < -0.39 is 11.7 Å². The van der Waals surface area contributed by atoms with Gasteiger partial charge in [0.05, 0.1) is 44.8 Å². The standard InChI is InChI=1S/C31H28F3N5O/c1-18-19(2)36-30-25(35-18)10-9-24-29(30)27(16-26(38-24)20-6-5-7-22(14-20)31(32,33)34)37-23-8-11-28(40)21(15-23)17-39-12-3-4-13-39/h5-11,14-16,40H,3-4,12-13,17H2,1-2H3,(H,37,38). The first-order valence-corrected chi connectivity index (χ1v) is 13.2. The number of aromatic hydroxyl groups is 1. The molecule has 1 aliphatic heterocycles. The number of nitrogens with zero attached hydrogens (tertiary/aromatic N) is 4. The van der Waals surface area contributed by atoms with Gasteiger partial charge in [0.25, 0.3) is 0 Å². The van der Waals surface area contributed by atoms with Gasteiger partial charge in [0.2, 0.25) is 0 Å². The molecule has 9 heteroatoms. The third-order valence-electron chi connectivity index (χ3n) is 7.45. The number of alkyl halides is 3. The second-order valence-corrected chi connectivity index (χ2v) is 10.3. The lowest BCUT2D eigenvalue weighted by Crippen LogP contribution is -2.18. The van der Waals surface area contributed by atoms with Crippen molar-refractivity contribution in [2.45, 2.75) is 39.4 Å². The molecule has 0 amide bonds. The second kappa shape index (κ2) is 10.1. The lowest BCUT2D eigenvalue weighted by Gasteiger charge is -2.18. The van der Waals surface area contributed by atoms with E-state index in [-0.39, 0.29) is 5.75 Å². The zero-order chi connectivity index (χ0) is 28.0. The first-order chi connectivity index (χ1) is 19.2. The summed E-state index contributed by atoms with van der Waals surface area (Å²) in [6, 6.07) is 15.9. The molecule has 0 atom stereocenters. The SMILES string of the molecule is Cc1nc2ccc3nc(-c4cccc(C(F)(F)F)c4)cc(Nc4ccc(O)c(CN5CCCC5)c4)c3c2nc1C. The van der Waals surface area contributed by atoms with Crippen molar-refractivity contribution in [2.24, 2.45) is 0 Å². The molecule has 1 aliphatic rings. The lowest BCUT2D eigenvalue weighted by molar-refractivity contribution is -0.137. The van der Waals surface area contributed by atoms with Crippen LogP contribution in [0.4, 0.5) is 24.5 Å². The summed E-state index contributed by atoms with van der Waals surface area (Å²) in [5.74, 6) is 0.226. The highest BCUT2D eigenvalue weighted by Crippen LogP contribution is 2.37. The van der Waals surface area contributed by atoms with Crippen molar-refractivity contribution < 1.29 is 18.3 Å². The van der Waals surface area contributed by atoms with Crippen LogP contribution in [0, 0.1) is 13.8 Å². The molecule has 0 radical (unpaired) electrons. The van der Waals surface area contributed by atoms with Crippen molar-refractivity contribution in [3.05, 3.63) is 83.2 Å². The van der Waals surface area contributed by atoms with Gasteiger partial charge in [-0.05, 0) is 88.3 Å². The van der Waals surface area contributed by atoms with E-state index in [9.17, 15) is 18.3 Å². The van der Waals surface area contributed by atoms with E-state index in [0.29, 0.717) is 40.0 Å². The van der Waals surface area contributed by atoms with Gasteiger partial charge >= 0.3 is 6.18 Å². The van der Waals surface area contributed by atoms with Crippen molar-refractivity contribution in [2.75, 3.05) is 18.4 Å². The number of anilines is 2. The Kier molecular flexibility index (Phi) is 6.54. The molecule has 3 heterocycles. The van der Waals surface area contributed by atoms with Gasteiger partial charge < -0.3 is 10.4 Å². The molecule has 6 nitrogen and oxygen atoms in total. The van der Waals surface area contributed by atoms with Crippen LogP contribution in [0.1, 0.15) is 35.4 Å². The van der Waals surface area contributed by atoms with Gasteiger partial charge in [0, 0.05) is 23.4 Å². The minimum absolute atomic E-state index is 0.226. The van der Waals surface area contributed by atoms with Crippen LogP contribution in [0.2, 0.25) is 0 Å². The number of pyridine rings is 1. The van der Waals surface area contributed by atoms with Gasteiger partial charge in [-0.1, -0.05) is 12.1 Å². The predicted octanol–water partition coefficient (Wildman–Crippen LogP) is 7.53. The molecule has 2 aromatic heterocycles. The number of fused-ring (bicyclic) bond motifs is 3. The topological polar surface area (TPSA) is 74.2 Å². The Hall–Kier alpha value is -4.24. The largest absolute Gasteiger partial charge is 0.508 e. The van der Waals surface area contributed by atoms with Gasteiger partial charge in [-0.2, -0.15) is 13.2 Å². The average molecular weight is 544 g/mol. The van der Waals surface area contributed by atoms with Crippen LogP contribution in [-0.4, -0.2) is 38.0 Å². The van der Waals surface area contributed by atoms with E-state index in [2.05, 4.69) is 10.2 Å². The van der Waals surface area contributed by atoms with Gasteiger partial charge in [0.15, 0.2) is 0 Å². The Morgan fingerprint density at radius 1 is 0.875 bits per heavy atom. The molecule has 1 saturated heterocycles. The summed E-state index contributed by atoms with van der Waals surface area (Å²) in [6.45, 7) is 6.42. The first-order valence-electron chi connectivity index (χ1n) is 13.2. The Morgan fingerprint density at radius 2 is 1.62 bits per heavy atom. The molecule has 3 aromatic carbocycles. The number of aromatic nitrogens is 3. The maximum Gasteiger partial charge on any atom is 0.416 e. The molecular formula is C31H28F3N5O. The number of likely N-dealkylation sites (tertiary alicyclic amines) is 1. The monoisotopic (exact) mass is 543 g/mol. The maximum atomic E-state index is 13.5. The average Bonchev–Trinajstić information content (AvgIpc) is 3.44. The second-order valence-electron chi connectivity index (χ2n) is 10.3. The van der Waals surface area contributed by atoms with Gasteiger partial charge in [-0.15, -0.1) is 0 Å². The van der Waals surface area contributed by atoms with E-state index in [4.69, 9.17) is 15.0 Å². The van der Waals surface area contributed by atoms with Crippen molar-refractivity contribution >= 4 is 33.3 Å². The van der Waals surface area contributed by atoms with Crippen molar-refractivity contribution in [3.63, 3.8) is 0 Å². The zero-order valence-corrected chi connectivity index (χ0v) is 22.2. The summed E-state index contributed by atoms with van der Waals surface area (Å²) in [7, 11) is 0. The Labute approximate surface area is 229 Å². The molecule has 0 spiro atoms. The van der Waals surface area contributed by atoms with Gasteiger partial charge in [-0.25, -0.2) is 15.0 Å². The molecular weight excluding hydrogens is 515 g/mol. The summed E-state index contributed by atoms with van der Waals surface area (Å²) in [5, 5.41) is 14.7. The van der Waals surface area contributed by atoms with Crippen molar-refractivity contribution in [1.82, 2.24) is 19.9 Å². The molecule has 2 N–H and O–H groups in total. The number of benzene rings is 3. The van der Waals surface area contributed by atoms with Crippen LogP contribution in [0.3, 0.4) is 0 Å². The van der Waals surface area contributed by atoms with Crippen LogP contribution in [0.5, 0.6) is 5.75 Å². The molecule has 0 bridgehead atoms. The van der Waals surface area contributed by atoms with Crippen LogP contribution in [0.25, 0.3) is 33.2 Å². The molecule has 0 unspecified atom stereocenters. The predicted molar refractivity (Wildman–Crippen MR) is 151 cm³/mol. The minimum atomic E-state index is -4.47. The lowest BCUT2D eigenvalue weighted by atomic mass is 10.0. The summed E-state index contributed by atoms with van der Waals surface area (Å²) in [5.41, 5.74) is 5.74. The third-order valence-corrected chi connectivity index (χ3v) is 7.45. The molecule has 204 valence electrons. The quantitative estimate of drug-likeness (QED) is 0.176. The zero-order valence-electron chi connectivity index (χ0n) is 22.2. The highest BCUT2D eigenvalue weighted by molar-refractivity contribution is 6.10. The van der Waals surface area contributed by atoms with E-state index >= 15 is 0 Å². The van der Waals surface area contributed by atoms with E-state index in [1.165, 1.54) is 6.07 Å². The summed E-state index contributed by atoms with van der Waals surface area (Å²) in [4.78, 5) is 16.6. The van der Waals surface area contributed by atoms with Gasteiger partial charge in [-0.3, -0.25) is 4.90 Å². The fraction of sp³-hybridized carbons (Fsp3) is 0.258. The van der Waals surface area contributed by atoms with Crippen LogP contribution in [-0.2, 0) is 12.7 Å². The molecule has 5 aromatic rings. The molecule has 1 fully saturated rings. The highest BCUT2D eigenvalue weighted by Gasteiger charge is 2.30. The van der Waals surface area contributed by atoms with Gasteiger partial charge in [0.1, 0.15) is 11.3 Å². The van der Waals surface area contributed by atoms with E-state index in [1.807, 2.05) is 32.0 Å². The molecule has 40 heavy (non-hydrogen) atoms. The van der Waals surface area contributed by atoms with E-state index in [1.54, 1.807) is 24.3 Å². The highest BCUT2D eigenvalue weighted by atomic mass is 19.4. The van der Waals surface area contributed by atoms with Crippen LogP contribution < -0.4 is 5.32 Å². The van der Waals surface area contributed by atoms with Crippen LogP contribution in [0.15, 0.2) is 60.7 Å². The van der Waals surface area contributed by atoms with Crippen LogP contribution >= 0.6 is 0 Å². The summed E-state index contributed by atoms with van der Waals surface area (Å²) >= 11 is 0. The smallest absolute Gasteiger partial charge is 0.416 e. The molecule has 0 aliphatic carbocycles. The number of nitrogens with one attached hydrogen (secondary N) is 1. The Bertz CT molecular complexity index is 1750. The fourth-order valence-corrected chi connectivity index (χ4v) is 5.24. The Balaban J connectivity index is 1.51. The summed E-state index contributed by atoms with van der Waals surface area (Å²) in [6.07, 6.45) is -2.17. The van der Waals surface area contributed by atoms with E-state index in [0.717, 1.165) is 66.1 Å². The number of phenolic OH excluding ortho intramolecular Hbond substituents is 1. The fourth-order valence-electron chi connectivity index (χ4n) is 5.24. The normalized spacial score (nSPS) is 14.3. The number of phenols is 1. The number of hydrogen-bond acceptors (Lipinski definition) is 6. The number of hydrogen-bond donors (Lipinski definition) is 2. The van der Waals surface area contributed by atoms with Crippen molar-refractivity contribution in [3.8, 4) is 17.0 Å². The number of rotatable bonds is 5. The maximum absolute atomic E-state index is 13.5. The third kappa shape index (κ3) is 5.04. The Morgan fingerprint density at radius 3 is 2.40 bits per heavy atom. The van der Waals surface area contributed by atoms with Crippen molar-refractivity contribution in [1.29, 1.82) is 0 Å². The number of aryl methyl sites for hydroxylation is 2. The molecule has 6 rings (SSSR count). The first kappa shape index (κ1) is 26.0.